The number of anilines is 2. The molecule has 0 saturated carbocycles. The fourth-order valence-corrected chi connectivity index (χ4v) is 4.39. The van der Waals surface area contributed by atoms with Crippen LogP contribution in [0.2, 0.25) is 5.02 Å². The van der Waals surface area contributed by atoms with E-state index in [9.17, 15) is 18.0 Å². The minimum absolute atomic E-state index is 0.0123. The van der Waals surface area contributed by atoms with Gasteiger partial charge < -0.3 is 10.2 Å². The van der Waals surface area contributed by atoms with Crippen LogP contribution in [0.25, 0.3) is 11.1 Å². The Hall–Kier alpha value is -2.99. The number of carbonyl (C=O) groups excluding carboxylic acids is 1. The monoisotopic (exact) mass is 458 g/mol. The molecule has 1 aliphatic rings. The molecule has 0 radical (unpaired) electrons. The van der Waals surface area contributed by atoms with E-state index in [1.54, 1.807) is 17.0 Å². The molecule has 0 bridgehead atoms. The summed E-state index contributed by atoms with van der Waals surface area (Å²) in [4.78, 5) is 14.1. The summed E-state index contributed by atoms with van der Waals surface area (Å²) in [6, 6.07) is 18.1. The third kappa shape index (κ3) is 4.46. The Balaban J connectivity index is 1.74. The number of benzene rings is 3. The fraction of sp³-hybridized carbons (Fsp3) is 0.240. The zero-order valence-electron chi connectivity index (χ0n) is 17.6. The molecule has 7 heteroatoms. The van der Waals surface area contributed by atoms with Crippen LogP contribution in [0.1, 0.15) is 37.4 Å². The van der Waals surface area contributed by atoms with Gasteiger partial charge in [-0.2, -0.15) is 13.2 Å². The van der Waals surface area contributed by atoms with E-state index in [-0.39, 0.29) is 18.0 Å². The summed E-state index contributed by atoms with van der Waals surface area (Å²) >= 11 is 6.00. The number of fused-ring (bicyclic) bond motifs is 1. The molecule has 0 saturated heterocycles. The number of hydrogen-bond acceptors (Lipinski definition) is 2. The molecule has 32 heavy (non-hydrogen) atoms. The number of alkyl halides is 3. The Kier molecular flexibility index (Phi) is 5.91. The molecule has 1 aliphatic heterocycles. The van der Waals surface area contributed by atoms with Gasteiger partial charge in [0.25, 0.3) is 0 Å². The Morgan fingerprint density at radius 3 is 2.22 bits per heavy atom. The Morgan fingerprint density at radius 1 is 1.00 bits per heavy atom. The van der Waals surface area contributed by atoms with Crippen LogP contribution in [-0.2, 0) is 11.0 Å². The van der Waals surface area contributed by atoms with Crippen molar-refractivity contribution in [1.29, 1.82) is 0 Å². The summed E-state index contributed by atoms with van der Waals surface area (Å²) in [7, 11) is 0. The molecular weight excluding hydrogens is 437 g/mol. The van der Waals surface area contributed by atoms with Crippen LogP contribution in [0.3, 0.4) is 0 Å². The normalized spacial score (nSPS) is 18.2. The summed E-state index contributed by atoms with van der Waals surface area (Å²) < 4.78 is 38.8. The van der Waals surface area contributed by atoms with E-state index >= 15 is 0 Å². The average molecular weight is 459 g/mol. The van der Waals surface area contributed by atoms with Crippen molar-refractivity contribution in [3.8, 4) is 11.1 Å². The Labute approximate surface area is 189 Å². The summed E-state index contributed by atoms with van der Waals surface area (Å²) in [5.41, 5.74) is 3.41. The molecule has 0 spiro atoms. The van der Waals surface area contributed by atoms with E-state index in [2.05, 4.69) is 5.32 Å². The van der Waals surface area contributed by atoms with E-state index in [0.717, 1.165) is 34.6 Å². The van der Waals surface area contributed by atoms with Crippen molar-refractivity contribution >= 4 is 28.9 Å². The van der Waals surface area contributed by atoms with Crippen molar-refractivity contribution in [2.24, 2.45) is 0 Å². The standard InChI is InChI=1S/C25H22ClF3N2O/c1-15-13-23(30-21-10-8-20(26)9-11-21)22-14-18(5-12-24(22)31(15)16(2)32)17-3-6-19(7-4-17)25(27,28)29/h3-12,14-15,23,30H,13H2,1-2H3/t15-,23+/m1/s1. The zero-order chi connectivity index (χ0) is 23.0. The lowest BCUT2D eigenvalue weighted by Crippen LogP contribution is -2.43. The van der Waals surface area contributed by atoms with Crippen molar-refractivity contribution in [2.45, 2.75) is 38.5 Å². The Morgan fingerprint density at radius 2 is 1.62 bits per heavy atom. The van der Waals surface area contributed by atoms with Crippen molar-refractivity contribution < 1.29 is 18.0 Å². The summed E-state index contributed by atoms with van der Waals surface area (Å²) in [6.45, 7) is 3.54. The number of halogens is 4. The number of amides is 1. The van der Waals surface area contributed by atoms with Gasteiger partial charge in [0.2, 0.25) is 5.91 Å². The van der Waals surface area contributed by atoms with Crippen molar-refractivity contribution in [1.82, 2.24) is 0 Å². The van der Waals surface area contributed by atoms with Crippen LogP contribution in [0.15, 0.2) is 66.7 Å². The highest BCUT2D eigenvalue weighted by atomic mass is 35.5. The lowest BCUT2D eigenvalue weighted by atomic mass is 9.88. The van der Waals surface area contributed by atoms with Gasteiger partial charge >= 0.3 is 6.18 Å². The quantitative estimate of drug-likeness (QED) is 0.445. The molecule has 3 aromatic rings. The van der Waals surface area contributed by atoms with Gasteiger partial charge in [0.1, 0.15) is 0 Å². The highest BCUT2D eigenvalue weighted by Crippen LogP contribution is 2.41. The van der Waals surface area contributed by atoms with E-state index in [1.165, 1.54) is 19.1 Å². The van der Waals surface area contributed by atoms with Crippen molar-refractivity contribution in [2.75, 3.05) is 10.2 Å². The molecule has 0 aliphatic carbocycles. The predicted molar refractivity (Wildman–Crippen MR) is 122 cm³/mol. The molecule has 0 fully saturated rings. The molecule has 3 nitrogen and oxygen atoms in total. The van der Waals surface area contributed by atoms with E-state index in [0.29, 0.717) is 17.0 Å². The first-order chi connectivity index (χ1) is 15.1. The van der Waals surface area contributed by atoms with Gasteiger partial charge in [0.15, 0.2) is 0 Å². The first-order valence-electron chi connectivity index (χ1n) is 10.3. The van der Waals surface area contributed by atoms with Gasteiger partial charge in [0, 0.05) is 29.4 Å². The number of nitrogens with zero attached hydrogens (tertiary/aromatic N) is 1. The van der Waals surface area contributed by atoms with Gasteiger partial charge in [-0.05, 0) is 78.6 Å². The molecule has 0 unspecified atom stereocenters. The molecule has 3 aromatic carbocycles. The second kappa shape index (κ2) is 8.51. The highest BCUT2D eigenvalue weighted by molar-refractivity contribution is 6.30. The van der Waals surface area contributed by atoms with E-state index in [4.69, 9.17) is 11.6 Å². The van der Waals surface area contributed by atoms with Crippen LogP contribution in [0.5, 0.6) is 0 Å². The minimum atomic E-state index is -4.37. The minimum Gasteiger partial charge on any atom is -0.378 e. The molecule has 2 atom stereocenters. The smallest absolute Gasteiger partial charge is 0.378 e. The second-order valence-electron chi connectivity index (χ2n) is 8.03. The number of rotatable bonds is 3. The second-order valence-corrected chi connectivity index (χ2v) is 8.46. The average Bonchev–Trinajstić information content (AvgIpc) is 2.74. The van der Waals surface area contributed by atoms with Crippen molar-refractivity contribution in [3.05, 3.63) is 82.9 Å². The number of carbonyl (C=O) groups is 1. The summed E-state index contributed by atoms with van der Waals surface area (Å²) in [5.74, 6) is -0.0500. The van der Waals surface area contributed by atoms with Gasteiger partial charge in [0.05, 0.1) is 11.6 Å². The third-order valence-corrected chi connectivity index (χ3v) is 6.00. The molecule has 1 amide bonds. The first-order valence-corrected chi connectivity index (χ1v) is 10.6. The van der Waals surface area contributed by atoms with Crippen LogP contribution in [0, 0.1) is 0 Å². The van der Waals surface area contributed by atoms with Crippen LogP contribution in [0.4, 0.5) is 24.5 Å². The van der Waals surface area contributed by atoms with E-state index in [1.807, 2.05) is 37.3 Å². The SMILES string of the molecule is CC(=O)N1c2ccc(-c3ccc(C(F)(F)F)cc3)cc2[C@@H](Nc2ccc(Cl)cc2)C[C@H]1C. The number of hydrogen-bond donors (Lipinski definition) is 1. The Bertz CT molecular complexity index is 1130. The van der Waals surface area contributed by atoms with Gasteiger partial charge in [-0.25, -0.2) is 0 Å². The lowest BCUT2D eigenvalue weighted by Gasteiger charge is -2.39. The van der Waals surface area contributed by atoms with Gasteiger partial charge in [-0.1, -0.05) is 29.8 Å². The largest absolute Gasteiger partial charge is 0.416 e. The molecule has 4 rings (SSSR count). The molecule has 0 aromatic heterocycles. The van der Waals surface area contributed by atoms with E-state index < -0.39 is 11.7 Å². The van der Waals surface area contributed by atoms with Crippen LogP contribution < -0.4 is 10.2 Å². The summed E-state index contributed by atoms with van der Waals surface area (Å²) in [5, 5.41) is 4.16. The zero-order valence-corrected chi connectivity index (χ0v) is 18.3. The lowest BCUT2D eigenvalue weighted by molar-refractivity contribution is -0.137. The van der Waals surface area contributed by atoms with Crippen LogP contribution in [-0.4, -0.2) is 11.9 Å². The topological polar surface area (TPSA) is 32.3 Å². The fourth-order valence-electron chi connectivity index (χ4n) is 4.26. The van der Waals surface area contributed by atoms with Crippen LogP contribution >= 0.6 is 11.6 Å². The predicted octanol–water partition coefficient (Wildman–Crippen LogP) is 7.32. The van der Waals surface area contributed by atoms with Gasteiger partial charge in [-0.3, -0.25) is 4.79 Å². The maximum absolute atomic E-state index is 12.9. The van der Waals surface area contributed by atoms with Crippen molar-refractivity contribution in [3.63, 3.8) is 0 Å². The maximum Gasteiger partial charge on any atom is 0.416 e. The molecule has 1 heterocycles. The molecular formula is C25H22ClF3N2O. The molecule has 1 N–H and O–H groups in total. The molecule has 166 valence electrons. The third-order valence-electron chi connectivity index (χ3n) is 5.75. The maximum atomic E-state index is 12.9. The van der Waals surface area contributed by atoms with Gasteiger partial charge in [-0.15, -0.1) is 0 Å². The summed E-state index contributed by atoms with van der Waals surface area (Å²) in [6.07, 6.45) is -3.69. The first kappa shape index (κ1) is 22.2. The number of nitrogens with one attached hydrogen (secondary N) is 1. The highest BCUT2D eigenvalue weighted by Gasteiger charge is 2.33.